The normalized spacial score (nSPS) is 22.2. The van der Waals surface area contributed by atoms with Crippen molar-refractivity contribution in [1.82, 2.24) is 10.2 Å². The fraction of sp³-hybridized carbons (Fsp3) is 0.818. The molecule has 0 aromatic heterocycles. The highest BCUT2D eigenvalue weighted by Gasteiger charge is 2.32. The molecule has 1 rings (SSSR count). The summed E-state index contributed by atoms with van der Waals surface area (Å²) in [6, 6.07) is -0.764. The van der Waals surface area contributed by atoms with Crippen molar-refractivity contribution in [3.8, 4) is 0 Å². The van der Waals surface area contributed by atoms with Crippen LogP contribution in [0.5, 0.6) is 0 Å². The summed E-state index contributed by atoms with van der Waals surface area (Å²) in [7, 11) is -0.154. The summed E-state index contributed by atoms with van der Waals surface area (Å²) in [5.74, 6) is -0.948. The van der Waals surface area contributed by atoms with Gasteiger partial charge in [0.05, 0.1) is 24.0 Å². The second kappa shape index (κ2) is 6.89. The van der Waals surface area contributed by atoms with E-state index in [1.54, 1.807) is 0 Å². The molecule has 9 heteroatoms. The highest BCUT2D eigenvalue weighted by Crippen LogP contribution is 2.16. The molecule has 8 nitrogen and oxygen atoms in total. The van der Waals surface area contributed by atoms with Gasteiger partial charge in [-0.15, -0.1) is 0 Å². The van der Waals surface area contributed by atoms with Gasteiger partial charge in [-0.05, 0) is 6.42 Å². The Morgan fingerprint density at radius 1 is 1.50 bits per heavy atom. The molecular formula is C11H20N2O6S. The van der Waals surface area contributed by atoms with Crippen molar-refractivity contribution in [3.05, 3.63) is 0 Å². The van der Waals surface area contributed by atoms with Crippen LogP contribution in [0, 0.1) is 0 Å². The third kappa shape index (κ3) is 4.97. The van der Waals surface area contributed by atoms with Gasteiger partial charge in [0, 0.05) is 26.7 Å². The van der Waals surface area contributed by atoms with Gasteiger partial charge in [0.15, 0.2) is 9.84 Å². The molecule has 2 N–H and O–H groups in total. The zero-order valence-electron chi connectivity index (χ0n) is 11.5. The summed E-state index contributed by atoms with van der Waals surface area (Å²) in [6.07, 6.45) is -0.398. The van der Waals surface area contributed by atoms with E-state index in [1.807, 2.05) is 0 Å². The van der Waals surface area contributed by atoms with Gasteiger partial charge in [-0.3, -0.25) is 4.79 Å². The van der Waals surface area contributed by atoms with Crippen LogP contribution in [0.2, 0.25) is 0 Å². The van der Waals surface area contributed by atoms with E-state index in [1.165, 1.54) is 19.1 Å². The largest absolute Gasteiger partial charge is 0.481 e. The van der Waals surface area contributed by atoms with E-state index in [4.69, 9.17) is 9.84 Å². The second-order valence-electron chi connectivity index (χ2n) is 4.81. The minimum Gasteiger partial charge on any atom is -0.481 e. The van der Waals surface area contributed by atoms with Gasteiger partial charge in [0.25, 0.3) is 0 Å². The number of urea groups is 1. The molecule has 0 bridgehead atoms. The molecule has 1 aliphatic rings. The van der Waals surface area contributed by atoms with Gasteiger partial charge in [-0.2, -0.15) is 0 Å². The van der Waals surface area contributed by atoms with E-state index in [2.05, 4.69) is 5.32 Å². The van der Waals surface area contributed by atoms with Crippen molar-refractivity contribution in [3.63, 3.8) is 0 Å². The first-order valence-electron chi connectivity index (χ1n) is 6.21. The van der Waals surface area contributed by atoms with E-state index >= 15 is 0 Å². The van der Waals surface area contributed by atoms with E-state index in [9.17, 15) is 18.0 Å². The lowest BCUT2D eigenvalue weighted by Crippen LogP contribution is -2.46. The molecule has 2 unspecified atom stereocenters. The van der Waals surface area contributed by atoms with E-state index in [0.717, 1.165) is 0 Å². The third-order valence-electron chi connectivity index (χ3n) is 3.29. The number of carboxylic acids is 1. The van der Waals surface area contributed by atoms with Gasteiger partial charge in [0.2, 0.25) is 0 Å². The molecule has 1 saturated heterocycles. The Kier molecular flexibility index (Phi) is 5.75. The van der Waals surface area contributed by atoms with Crippen molar-refractivity contribution in [2.45, 2.75) is 25.0 Å². The van der Waals surface area contributed by atoms with Crippen LogP contribution in [0.3, 0.4) is 0 Å². The first-order valence-corrected chi connectivity index (χ1v) is 8.03. The number of carboxylic acid groups (broad SMARTS) is 1. The molecule has 0 aromatic carbocycles. The van der Waals surface area contributed by atoms with Crippen molar-refractivity contribution in [1.29, 1.82) is 0 Å². The van der Waals surface area contributed by atoms with Crippen molar-refractivity contribution < 1.29 is 27.9 Å². The average molecular weight is 308 g/mol. The van der Waals surface area contributed by atoms with Gasteiger partial charge in [-0.25, -0.2) is 13.2 Å². The quantitative estimate of drug-likeness (QED) is 0.671. The van der Waals surface area contributed by atoms with Crippen LogP contribution in [0.1, 0.15) is 12.8 Å². The Morgan fingerprint density at radius 3 is 2.60 bits per heavy atom. The number of hydrogen-bond donors (Lipinski definition) is 2. The number of nitrogens with zero attached hydrogens (tertiary/aromatic N) is 1. The SMILES string of the molecule is COC(CNC(=O)N(C)C1CCS(=O)(=O)C1)CC(=O)O. The Bertz CT molecular complexity index is 464. The molecule has 1 aliphatic heterocycles. The molecule has 0 spiro atoms. The zero-order valence-corrected chi connectivity index (χ0v) is 12.4. The number of ether oxygens (including phenoxy) is 1. The van der Waals surface area contributed by atoms with Gasteiger partial charge in [0.1, 0.15) is 0 Å². The van der Waals surface area contributed by atoms with Gasteiger partial charge < -0.3 is 20.1 Å². The maximum Gasteiger partial charge on any atom is 0.317 e. The number of nitrogens with one attached hydrogen (secondary N) is 1. The Hall–Kier alpha value is -1.35. The number of methoxy groups -OCH3 is 1. The van der Waals surface area contributed by atoms with Gasteiger partial charge >= 0.3 is 12.0 Å². The van der Waals surface area contributed by atoms with Crippen molar-refractivity contribution >= 4 is 21.8 Å². The van der Waals surface area contributed by atoms with E-state index in [0.29, 0.717) is 6.42 Å². The molecule has 2 atom stereocenters. The number of carbonyl (C=O) groups is 2. The van der Waals surface area contributed by atoms with Crippen LogP contribution in [0.15, 0.2) is 0 Å². The Morgan fingerprint density at radius 2 is 2.15 bits per heavy atom. The lowest BCUT2D eigenvalue weighted by molar-refractivity contribution is -0.139. The molecule has 116 valence electrons. The lowest BCUT2D eigenvalue weighted by Gasteiger charge is -2.24. The predicted molar refractivity (Wildman–Crippen MR) is 71.3 cm³/mol. The highest BCUT2D eigenvalue weighted by molar-refractivity contribution is 7.91. The van der Waals surface area contributed by atoms with Crippen molar-refractivity contribution in [2.24, 2.45) is 0 Å². The minimum absolute atomic E-state index is 0.0280. The lowest BCUT2D eigenvalue weighted by atomic mass is 10.2. The fourth-order valence-electron chi connectivity index (χ4n) is 2.01. The Labute approximate surface area is 118 Å². The predicted octanol–water partition coefficient (Wildman–Crippen LogP) is -0.695. The molecule has 1 fully saturated rings. The first kappa shape index (κ1) is 16.7. The average Bonchev–Trinajstić information content (AvgIpc) is 2.73. The van der Waals surface area contributed by atoms with Crippen molar-refractivity contribution in [2.75, 3.05) is 32.2 Å². The van der Waals surface area contributed by atoms with Gasteiger partial charge in [-0.1, -0.05) is 0 Å². The summed E-state index contributed by atoms with van der Waals surface area (Å²) < 4.78 is 27.7. The molecular weight excluding hydrogens is 288 g/mol. The number of amides is 2. The second-order valence-corrected chi connectivity index (χ2v) is 7.04. The molecule has 1 heterocycles. The smallest absolute Gasteiger partial charge is 0.317 e. The standard InChI is InChI=1S/C11H20N2O6S/c1-13(8-3-4-20(17,18)7-8)11(16)12-6-9(19-2)5-10(14)15/h8-9H,3-7H2,1-2H3,(H,12,16)(H,14,15). The van der Waals surface area contributed by atoms with E-state index in [-0.39, 0.29) is 30.5 Å². The maximum atomic E-state index is 11.9. The number of sulfone groups is 1. The number of hydrogen-bond acceptors (Lipinski definition) is 5. The summed E-state index contributed by atoms with van der Waals surface area (Å²) in [5, 5.41) is 11.2. The fourth-order valence-corrected chi connectivity index (χ4v) is 3.78. The number of aliphatic carboxylic acids is 1. The molecule has 2 amide bonds. The summed E-state index contributed by atoms with van der Waals surface area (Å²) >= 11 is 0. The van der Waals surface area contributed by atoms with E-state index < -0.39 is 27.9 Å². The Balaban J connectivity index is 2.44. The van der Waals surface area contributed by atoms with Crippen LogP contribution in [-0.4, -0.2) is 74.8 Å². The minimum atomic E-state index is -3.05. The molecule has 0 aromatic rings. The molecule has 0 saturated carbocycles. The molecule has 20 heavy (non-hydrogen) atoms. The monoisotopic (exact) mass is 308 g/mol. The molecule has 0 radical (unpaired) electrons. The van der Waals surface area contributed by atoms with Crippen LogP contribution < -0.4 is 5.32 Å². The topological polar surface area (TPSA) is 113 Å². The summed E-state index contributed by atoms with van der Waals surface area (Å²) in [5.41, 5.74) is 0. The van der Waals surface area contributed by atoms with Crippen LogP contribution in [0.4, 0.5) is 4.79 Å². The van der Waals surface area contributed by atoms with Crippen LogP contribution >= 0.6 is 0 Å². The highest BCUT2D eigenvalue weighted by atomic mass is 32.2. The van der Waals surface area contributed by atoms with Crippen LogP contribution in [0.25, 0.3) is 0 Å². The third-order valence-corrected chi connectivity index (χ3v) is 5.04. The van der Waals surface area contributed by atoms with Crippen LogP contribution in [-0.2, 0) is 19.4 Å². The summed E-state index contributed by atoms with van der Waals surface area (Å²) in [4.78, 5) is 23.8. The first-order chi connectivity index (χ1) is 9.25. The molecule has 0 aliphatic carbocycles. The summed E-state index contributed by atoms with van der Waals surface area (Å²) in [6.45, 7) is 0.0610. The number of rotatable bonds is 6. The maximum absolute atomic E-state index is 11.9. The number of carbonyl (C=O) groups excluding carboxylic acids is 1. The zero-order chi connectivity index (χ0) is 15.3.